The Kier molecular flexibility index (Phi) is 5.00. The van der Waals surface area contributed by atoms with Crippen LogP contribution in [0.2, 0.25) is 0 Å². The Balaban J connectivity index is 1.81. The summed E-state index contributed by atoms with van der Waals surface area (Å²) in [7, 11) is 0. The van der Waals surface area contributed by atoms with Crippen LogP contribution in [-0.2, 0) is 11.2 Å². The summed E-state index contributed by atoms with van der Waals surface area (Å²) in [5, 5.41) is 9.27. The summed E-state index contributed by atoms with van der Waals surface area (Å²) >= 11 is 3.48. The first-order valence-corrected chi connectivity index (χ1v) is 8.71. The lowest BCUT2D eigenvalue weighted by molar-refractivity contribution is -0.131. The lowest BCUT2D eigenvalue weighted by atomic mass is 10.0. The molecule has 1 aliphatic rings. The highest BCUT2D eigenvalue weighted by atomic mass is 79.9. The molecular formula is C19H18BrNO3. The number of carbonyl (C=O) groups excluding carboxylic acids is 1. The third kappa shape index (κ3) is 3.51. The summed E-state index contributed by atoms with van der Waals surface area (Å²) in [6.07, 6.45) is 2.01. The van der Waals surface area contributed by atoms with E-state index in [-0.39, 0.29) is 23.9 Å². The van der Waals surface area contributed by atoms with Crippen LogP contribution in [-0.4, -0.2) is 28.4 Å². The Labute approximate surface area is 149 Å². The number of hydrogen-bond donors (Lipinski definition) is 1. The molecule has 5 heteroatoms. The number of rotatable bonds is 4. The van der Waals surface area contributed by atoms with Gasteiger partial charge in [-0.05, 0) is 42.2 Å². The van der Waals surface area contributed by atoms with E-state index < -0.39 is 5.97 Å². The molecule has 0 spiro atoms. The number of benzene rings is 2. The van der Waals surface area contributed by atoms with Gasteiger partial charge in [0.1, 0.15) is 0 Å². The molecule has 1 fully saturated rings. The molecule has 124 valence electrons. The van der Waals surface area contributed by atoms with Gasteiger partial charge in [0.2, 0.25) is 5.91 Å². The van der Waals surface area contributed by atoms with E-state index in [9.17, 15) is 14.7 Å². The van der Waals surface area contributed by atoms with Gasteiger partial charge in [-0.2, -0.15) is 0 Å². The third-order valence-electron chi connectivity index (χ3n) is 4.40. The second-order valence-electron chi connectivity index (χ2n) is 5.94. The van der Waals surface area contributed by atoms with Gasteiger partial charge in [0, 0.05) is 11.0 Å². The van der Waals surface area contributed by atoms with Crippen LogP contribution in [0.3, 0.4) is 0 Å². The highest BCUT2D eigenvalue weighted by Gasteiger charge is 2.30. The zero-order valence-electron chi connectivity index (χ0n) is 13.1. The van der Waals surface area contributed by atoms with E-state index in [1.165, 1.54) is 0 Å². The van der Waals surface area contributed by atoms with E-state index in [2.05, 4.69) is 15.9 Å². The lowest BCUT2D eigenvalue weighted by Crippen LogP contribution is -2.32. The van der Waals surface area contributed by atoms with Gasteiger partial charge in [0.05, 0.1) is 18.0 Å². The fraction of sp³-hybridized carbons (Fsp3) is 0.263. The van der Waals surface area contributed by atoms with Crippen LogP contribution in [0, 0.1) is 0 Å². The molecule has 3 rings (SSSR count). The molecule has 2 aromatic carbocycles. The van der Waals surface area contributed by atoms with E-state index >= 15 is 0 Å². The van der Waals surface area contributed by atoms with Crippen molar-refractivity contribution in [3.63, 3.8) is 0 Å². The Morgan fingerprint density at radius 2 is 1.96 bits per heavy atom. The van der Waals surface area contributed by atoms with Crippen LogP contribution in [0.25, 0.3) is 0 Å². The van der Waals surface area contributed by atoms with E-state index in [1.807, 2.05) is 29.2 Å². The average Bonchev–Trinajstić information content (AvgIpc) is 3.05. The minimum Gasteiger partial charge on any atom is -0.478 e. The van der Waals surface area contributed by atoms with Gasteiger partial charge in [-0.3, -0.25) is 4.79 Å². The number of likely N-dealkylation sites (tertiary alicyclic amines) is 1. The van der Waals surface area contributed by atoms with Crippen molar-refractivity contribution >= 4 is 27.8 Å². The quantitative estimate of drug-likeness (QED) is 0.860. The van der Waals surface area contributed by atoms with Crippen molar-refractivity contribution in [3.8, 4) is 0 Å². The highest BCUT2D eigenvalue weighted by molar-refractivity contribution is 9.10. The molecule has 1 saturated heterocycles. The van der Waals surface area contributed by atoms with E-state index in [0.29, 0.717) is 12.1 Å². The van der Waals surface area contributed by atoms with Crippen LogP contribution in [0.4, 0.5) is 0 Å². The minimum atomic E-state index is -0.997. The van der Waals surface area contributed by atoms with Crippen LogP contribution < -0.4 is 0 Å². The van der Waals surface area contributed by atoms with Gasteiger partial charge in [-0.15, -0.1) is 0 Å². The minimum absolute atomic E-state index is 0.0221. The van der Waals surface area contributed by atoms with Crippen LogP contribution in [0.1, 0.15) is 40.4 Å². The van der Waals surface area contributed by atoms with E-state index in [4.69, 9.17) is 0 Å². The number of carboxylic acids is 1. The monoisotopic (exact) mass is 387 g/mol. The molecule has 1 N–H and O–H groups in total. The first kappa shape index (κ1) is 16.7. The van der Waals surface area contributed by atoms with E-state index in [0.717, 1.165) is 22.9 Å². The Bertz CT molecular complexity index is 775. The van der Waals surface area contributed by atoms with Crippen molar-refractivity contribution in [3.05, 3.63) is 69.7 Å². The molecule has 1 amide bonds. The second kappa shape index (κ2) is 7.18. The first-order valence-electron chi connectivity index (χ1n) is 7.92. The first-order chi connectivity index (χ1) is 11.6. The largest absolute Gasteiger partial charge is 0.478 e. The molecule has 1 aliphatic heterocycles. The zero-order valence-corrected chi connectivity index (χ0v) is 14.7. The smallest absolute Gasteiger partial charge is 0.335 e. The normalized spacial score (nSPS) is 17.0. The van der Waals surface area contributed by atoms with Crippen molar-refractivity contribution in [2.24, 2.45) is 0 Å². The topological polar surface area (TPSA) is 57.6 Å². The average molecular weight is 388 g/mol. The fourth-order valence-electron chi connectivity index (χ4n) is 3.27. The maximum atomic E-state index is 12.8. The molecule has 0 bridgehead atoms. The molecule has 1 atom stereocenters. The summed E-state index contributed by atoms with van der Waals surface area (Å²) in [5.74, 6) is -1.02. The predicted octanol–water partition coefficient (Wildman–Crippen LogP) is 4.05. The van der Waals surface area contributed by atoms with Gasteiger partial charge in [0.25, 0.3) is 0 Å². The van der Waals surface area contributed by atoms with Crippen molar-refractivity contribution in [1.29, 1.82) is 0 Å². The Morgan fingerprint density at radius 3 is 2.71 bits per heavy atom. The summed E-state index contributed by atoms with van der Waals surface area (Å²) in [6, 6.07) is 14.8. The Morgan fingerprint density at radius 1 is 1.17 bits per heavy atom. The fourth-order valence-corrected chi connectivity index (χ4v) is 3.69. The van der Waals surface area contributed by atoms with Crippen molar-refractivity contribution in [2.45, 2.75) is 25.3 Å². The highest BCUT2D eigenvalue weighted by Crippen LogP contribution is 2.33. The van der Waals surface area contributed by atoms with Crippen molar-refractivity contribution in [1.82, 2.24) is 4.90 Å². The van der Waals surface area contributed by atoms with Crippen molar-refractivity contribution < 1.29 is 14.7 Å². The molecule has 0 radical (unpaired) electrons. The van der Waals surface area contributed by atoms with Gasteiger partial charge < -0.3 is 10.0 Å². The third-order valence-corrected chi connectivity index (χ3v) is 4.89. The predicted molar refractivity (Wildman–Crippen MR) is 94.9 cm³/mol. The number of amides is 1. The Hall–Kier alpha value is -2.14. The molecule has 1 heterocycles. The number of aromatic carboxylic acids is 1. The number of halogens is 1. The summed E-state index contributed by atoms with van der Waals surface area (Å²) in [4.78, 5) is 26.0. The zero-order chi connectivity index (χ0) is 17.1. The molecule has 0 saturated carbocycles. The molecule has 0 aliphatic carbocycles. The van der Waals surface area contributed by atoms with Gasteiger partial charge in [-0.25, -0.2) is 4.79 Å². The summed E-state index contributed by atoms with van der Waals surface area (Å²) in [5.41, 5.74) is 1.88. The number of carboxylic acid groups (broad SMARTS) is 1. The van der Waals surface area contributed by atoms with Crippen LogP contribution >= 0.6 is 15.9 Å². The molecule has 24 heavy (non-hydrogen) atoms. The summed E-state index contributed by atoms with van der Waals surface area (Å²) < 4.78 is 0.996. The number of carbonyl (C=O) groups is 2. The van der Waals surface area contributed by atoms with Gasteiger partial charge >= 0.3 is 5.97 Å². The van der Waals surface area contributed by atoms with Gasteiger partial charge in [-0.1, -0.05) is 46.3 Å². The van der Waals surface area contributed by atoms with Gasteiger partial charge in [0.15, 0.2) is 0 Å². The lowest BCUT2D eigenvalue weighted by Gasteiger charge is -2.25. The van der Waals surface area contributed by atoms with E-state index in [1.54, 1.807) is 24.3 Å². The maximum Gasteiger partial charge on any atom is 0.335 e. The summed E-state index contributed by atoms with van der Waals surface area (Å²) in [6.45, 7) is 0.714. The van der Waals surface area contributed by atoms with Crippen LogP contribution in [0.5, 0.6) is 0 Å². The molecule has 1 unspecified atom stereocenters. The second-order valence-corrected chi connectivity index (χ2v) is 6.85. The van der Waals surface area contributed by atoms with Crippen molar-refractivity contribution in [2.75, 3.05) is 6.54 Å². The maximum absolute atomic E-state index is 12.8. The molecule has 4 nitrogen and oxygen atoms in total. The molecule has 0 aromatic heterocycles. The molecule has 2 aromatic rings. The standard InChI is InChI=1S/C19H18BrNO3/c20-15-7-3-6-14(11-15)17-9-4-10-21(17)18(22)12-13-5-1-2-8-16(13)19(23)24/h1-3,5-8,11,17H,4,9-10,12H2,(H,23,24). The SMILES string of the molecule is O=C(O)c1ccccc1CC(=O)N1CCCC1c1cccc(Br)c1. The molecular weight excluding hydrogens is 370 g/mol. The number of hydrogen-bond acceptors (Lipinski definition) is 2. The number of nitrogens with zero attached hydrogens (tertiary/aromatic N) is 1. The van der Waals surface area contributed by atoms with Crippen LogP contribution in [0.15, 0.2) is 53.0 Å².